The Bertz CT molecular complexity index is 1400. The van der Waals surface area contributed by atoms with E-state index in [-0.39, 0.29) is 5.76 Å². The Hall–Kier alpha value is -3.68. The highest BCUT2D eigenvalue weighted by molar-refractivity contribution is 6.42. The molecule has 4 rings (SSSR count). The van der Waals surface area contributed by atoms with E-state index in [2.05, 4.69) is 10.5 Å². The van der Waals surface area contributed by atoms with Crippen LogP contribution in [0.3, 0.4) is 0 Å². The zero-order valence-corrected chi connectivity index (χ0v) is 21.2. The van der Waals surface area contributed by atoms with Crippen LogP contribution in [0.25, 0.3) is 11.0 Å². The number of hydrogen-bond acceptors (Lipinski definition) is 6. The van der Waals surface area contributed by atoms with Gasteiger partial charge in [-0.3, -0.25) is 4.79 Å². The Morgan fingerprint density at radius 1 is 0.917 bits per heavy atom. The lowest BCUT2D eigenvalue weighted by Gasteiger charge is -2.13. The summed E-state index contributed by atoms with van der Waals surface area (Å²) in [5.74, 6) is 1.52. The van der Waals surface area contributed by atoms with E-state index in [9.17, 15) is 4.79 Å². The Kier molecular flexibility index (Phi) is 8.36. The van der Waals surface area contributed by atoms with Crippen LogP contribution in [-0.4, -0.2) is 25.3 Å². The van der Waals surface area contributed by atoms with Gasteiger partial charge in [0.1, 0.15) is 17.9 Å². The molecule has 0 saturated heterocycles. The number of hydrogen-bond donors (Lipinski definition) is 1. The van der Waals surface area contributed by atoms with Gasteiger partial charge in [0.2, 0.25) is 0 Å². The third kappa shape index (κ3) is 6.30. The standard InChI is InChI=1S/C27H24Cl2N2O5/c1-3-33-20-7-10-23-19(13-20)14-26(36-23)27(32)31-30-15-17-6-9-24(25(12-17)34-4-2)35-16-18-5-8-21(28)22(29)11-18/h5-15H,3-4,16H2,1-2H3,(H,31,32)/b30-15+. The van der Waals surface area contributed by atoms with Gasteiger partial charge in [0.05, 0.1) is 29.5 Å². The SMILES string of the molecule is CCOc1ccc2oc(C(=O)N/N=C/c3ccc(OCc4ccc(Cl)c(Cl)c4)c(OCC)c3)cc2c1. The molecule has 0 aliphatic carbocycles. The van der Waals surface area contributed by atoms with Gasteiger partial charge >= 0.3 is 5.91 Å². The third-order valence-corrected chi connectivity index (χ3v) is 5.79. The predicted octanol–water partition coefficient (Wildman–Crippen LogP) is 6.88. The number of hydrazone groups is 1. The van der Waals surface area contributed by atoms with E-state index in [0.717, 1.165) is 10.9 Å². The van der Waals surface area contributed by atoms with E-state index in [1.54, 1.807) is 48.5 Å². The first-order valence-electron chi connectivity index (χ1n) is 11.3. The molecule has 0 unspecified atom stereocenters. The molecule has 0 aliphatic rings. The molecule has 0 aliphatic heterocycles. The lowest BCUT2D eigenvalue weighted by molar-refractivity contribution is 0.0929. The van der Waals surface area contributed by atoms with Crippen LogP contribution in [0.5, 0.6) is 17.2 Å². The summed E-state index contributed by atoms with van der Waals surface area (Å²) < 4.78 is 22.7. The maximum absolute atomic E-state index is 12.5. The molecular weight excluding hydrogens is 503 g/mol. The number of amides is 1. The topological polar surface area (TPSA) is 82.3 Å². The molecule has 3 aromatic carbocycles. The Balaban J connectivity index is 1.41. The number of nitrogens with one attached hydrogen (secondary N) is 1. The van der Waals surface area contributed by atoms with Crippen molar-refractivity contribution in [2.75, 3.05) is 13.2 Å². The number of carbonyl (C=O) groups excluding carboxylic acids is 1. The van der Waals surface area contributed by atoms with Crippen molar-refractivity contribution in [2.45, 2.75) is 20.5 Å². The van der Waals surface area contributed by atoms with E-state index < -0.39 is 5.91 Å². The van der Waals surface area contributed by atoms with Gasteiger partial charge in [0.15, 0.2) is 17.3 Å². The van der Waals surface area contributed by atoms with Crippen molar-refractivity contribution in [1.29, 1.82) is 0 Å². The predicted molar refractivity (Wildman–Crippen MR) is 141 cm³/mol. The molecule has 1 N–H and O–H groups in total. The summed E-state index contributed by atoms with van der Waals surface area (Å²) in [5.41, 5.74) is 4.66. The van der Waals surface area contributed by atoms with E-state index in [4.69, 9.17) is 41.8 Å². The minimum Gasteiger partial charge on any atom is -0.494 e. The van der Waals surface area contributed by atoms with Crippen molar-refractivity contribution in [3.05, 3.63) is 87.6 Å². The van der Waals surface area contributed by atoms with Crippen LogP contribution in [0.2, 0.25) is 10.0 Å². The van der Waals surface area contributed by atoms with E-state index >= 15 is 0 Å². The average molecular weight is 527 g/mol. The largest absolute Gasteiger partial charge is 0.494 e. The molecule has 36 heavy (non-hydrogen) atoms. The van der Waals surface area contributed by atoms with Crippen molar-refractivity contribution in [3.63, 3.8) is 0 Å². The lowest BCUT2D eigenvalue weighted by Crippen LogP contribution is -2.16. The molecule has 4 aromatic rings. The molecular formula is C27H24Cl2N2O5. The highest BCUT2D eigenvalue weighted by Crippen LogP contribution is 2.30. The van der Waals surface area contributed by atoms with E-state index in [1.807, 2.05) is 26.0 Å². The van der Waals surface area contributed by atoms with Crippen LogP contribution < -0.4 is 19.6 Å². The van der Waals surface area contributed by atoms with E-state index in [1.165, 1.54) is 6.21 Å². The zero-order valence-electron chi connectivity index (χ0n) is 19.7. The van der Waals surface area contributed by atoms with Crippen LogP contribution in [0, 0.1) is 0 Å². The number of fused-ring (bicyclic) bond motifs is 1. The van der Waals surface area contributed by atoms with Gasteiger partial charge in [-0.05, 0) is 79.6 Å². The summed E-state index contributed by atoms with van der Waals surface area (Å²) >= 11 is 12.0. The van der Waals surface area contributed by atoms with Crippen molar-refractivity contribution >= 4 is 46.3 Å². The number of carbonyl (C=O) groups is 1. The van der Waals surface area contributed by atoms with Crippen LogP contribution in [0.15, 0.2) is 70.2 Å². The van der Waals surface area contributed by atoms with Crippen LogP contribution in [0.1, 0.15) is 35.5 Å². The zero-order chi connectivity index (χ0) is 25.5. The maximum atomic E-state index is 12.5. The van der Waals surface area contributed by atoms with Crippen molar-refractivity contribution in [2.24, 2.45) is 5.10 Å². The highest BCUT2D eigenvalue weighted by atomic mass is 35.5. The van der Waals surface area contributed by atoms with Gasteiger partial charge in [0.25, 0.3) is 0 Å². The van der Waals surface area contributed by atoms with Crippen LogP contribution >= 0.6 is 23.2 Å². The first kappa shape index (κ1) is 25.4. The fraction of sp³-hybridized carbons (Fsp3) is 0.185. The first-order valence-corrected chi connectivity index (χ1v) is 12.1. The van der Waals surface area contributed by atoms with Gasteiger partial charge in [-0.25, -0.2) is 5.43 Å². The molecule has 0 radical (unpaired) electrons. The van der Waals surface area contributed by atoms with Crippen molar-refractivity contribution in [1.82, 2.24) is 5.43 Å². The number of halogens is 2. The van der Waals surface area contributed by atoms with Crippen molar-refractivity contribution in [3.8, 4) is 17.2 Å². The monoisotopic (exact) mass is 526 g/mol. The van der Waals surface area contributed by atoms with Crippen LogP contribution in [0.4, 0.5) is 0 Å². The summed E-state index contributed by atoms with van der Waals surface area (Å²) in [7, 11) is 0. The molecule has 1 aromatic heterocycles. The summed E-state index contributed by atoms with van der Waals surface area (Å²) in [6.45, 7) is 5.10. The number of furan rings is 1. The molecule has 0 spiro atoms. The number of rotatable bonds is 10. The summed E-state index contributed by atoms with van der Waals surface area (Å²) in [4.78, 5) is 12.5. The minimum atomic E-state index is -0.466. The lowest BCUT2D eigenvalue weighted by atomic mass is 10.2. The quantitative estimate of drug-likeness (QED) is 0.180. The molecule has 9 heteroatoms. The van der Waals surface area contributed by atoms with Gasteiger partial charge < -0.3 is 18.6 Å². The van der Waals surface area contributed by atoms with Crippen molar-refractivity contribution < 1.29 is 23.4 Å². The van der Waals surface area contributed by atoms with E-state index in [0.29, 0.717) is 58.3 Å². The third-order valence-electron chi connectivity index (χ3n) is 5.05. The first-order chi connectivity index (χ1) is 17.5. The van der Waals surface area contributed by atoms with Gasteiger partial charge in [-0.2, -0.15) is 5.10 Å². The fourth-order valence-electron chi connectivity index (χ4n) is 3.39. The number of ether oxygens (including phenoxy) is 3. The molecule has 0 bridgehead atoms. The summed E-state index contributed by atoms with van der Waals surface area (Å²) in [6, 6.07) is 17.7. The Labute approximate surface area is 218 Å². The second kappa shape index (κ2) is 11.8. The molecule has 0 saturated carbocycles. The Morgan fingerprint density at radius 2 is 1.75 bits per heavy atom. The fourth-order valence-corrected chi connectivity index (χ4v) is 3.71. The molecule has 1 heterocycles. The average Bonchev–Trinajstić information content (AvgIpc) is 3.30. The molecule has 7 nitrogen and oxygen atoms in total. The van der Waals surface area contributed by atoms with Crippen LogP contribution in [-0.2, 0) is 6.61 Å². The molecule has 1 amide bonds. The smallest absolute Gasteiger partial charge is 0.307 e. The highest BCUT2D eigenvalue weighted by Gasteiger charge is 2.13. The van der Waals surface area contributed by atoms with Gasteiger partial charge in [-0.15, -0.1) is 0 Å². The summed E-state index contributed by atoms with van der Waals surface area (Å²) in [6.07, 6.45) is 1.51. The normalized spacial score (nSPS) is 11.1. The summed E-state index contributed by atoms with van der Waals surface area (Å²) in [5, 5.41) is 5.77. The number of benzene rings is 3. The molecule has 0 atom stereocenters. The molecule has 0 fully saturated rings. The maximum Gasteiger partial charge on any atom is 0.307 e. The second-order valence-electron chi connectivity index (χ2n) is 7.62. The second-order valence-corrected chi connectivity index (χ2v) is 8.43. The molecule has 186 valence electrons. The van der Waals surface area contributed by atoms with Gasteiger partial charge in [0, 0.05) is 5.39 Å². The van der Waals surface area contributed by atoms with Gasteiger partial charge in [-0.1, -0.05) is 29.3 Å². The number of nitrogens with zero attached hydrogens (tertiary/aromatic N) is 1. The minimum absolute atomic E-state index is 0.150. The Morgan fingerprint density at radius 3 is 2.53 bits per heavy atom.